The molecule has 0 bridgehead atoms. The Morgan fingerprint density at radius 3 is 2.55 bits per heavy atom. The molecule has 2 rings (SSSR count). The molecule has 0 saturated heterocycles. The number of hydrogen-bond donors (Lipinski definition) is 1. The van der Waals surface area contributed by atoms with E-state index in [1.54, 1.807) is 25.3 Å². The van der Waals surface area contributed by atoms with Gasteiger partial charge in [-0.2, -0.15) is 0 Å². The smallest absolute Gasteiger partial charge is 0.248 e. The monoisotopic (exact) mass is 331 g/mol. The van der Waals surface area contributed by atoms with Crippen molar-refractivity contribution in [1.29, 1.82) is 0 Å². The standard InChI is InChI=1S/C16H14BrNO2/c1-20-15-5-3-2-4-14(15)18-16(19)11-8-12-6-9-13(17)10-7-12/h2-11H,1H3,(H,18,19). The molecule has 0 radical (unpaired) electrons. The molecule has 0 atom stereocenters. The van der Waals surface area contributed by atoms with Crippen LogP contribution >= 0.6 is 15.9 Å². The fraction of sp³-hybridized carbons (Fsp3) is 0.0625. The van der Waals surface area contributed by atoms with Gasteiger partial charge in [0.05, 0.1) is 12.8 Å². The van der Waals surface area contributed by atoms with Gasteiger partial charge in [-0.05, 0) is 35.9 Å². The van der Waals surface area contributed by atoms with Gasteiger partial charge in [-0.25, -0.2) is 0 Å². The van der Waals surface area contributed by atoms with Gasteiger partial charge >= 0.3 is 0 Å². The van der Waals surface area contributed by atoms with Crippen LogP contribution in [0.15, 0.2) is 59.1 Å². The Bertz CT molecular complexity index is 621. The summed E-state index contributed by atoms with van der Waals surface area (Å²) in [5.41, 5.74) is 1.61. The number of rotatable bonds is 4. The summed E-state index contributed by atoms with van der Waals surface area (Å²) in [6.07, 6.45) is 3.26. The summed E-state index contributed by atoms with van der Waals surface area (Å²) in [5, 5.41) is 2.78. The van der Waals surface area contributed by atoms with E-state index in [4.69, 9.17) is 4.74 Å². The number of carbonyl (C=O) groups is 1. The van der Waals surface area contributed by atoms with E-state index in [1.807, 2.05) is 36.4 Å². The fourth-order valence-electron chi connectivity index (χ4n) is 1.67. The van der Waals surface area contributed by atoms with Gasteiger partial charge in [0.25, 0.3) is 0 Å². The summed E-state index contributed by atoms with van der Waals surface area (Å²) < 4.78 is 6.19. The summed E-state index contributed by atoms with van der Waals surface area (Å²) in [4.78, 5) is 11.9. The third kappa shape index (κ3) is 3.96. The molecule has 20 heavy (non-hydrogen) atoms. The highest BCUT2D eigenvalue weighted by Crippen LogP contribution is 2.22. The zero-order valence-corrected chi connectivity index (χ0v) is 12.6. The Morgan fingerprint density at radius 1 is 1.15 bits per heavy atom. The minimum atomic E-state index is -0.197. The average Bonchev–Trinajstić information content (AvgIpc) is 2.47. The van der Waals surface area contributed by atoms with Crippen molar-refractivity contribution in [3.05, 3.63) is 64.6 Å². The highest BCUT2D eigenvalue weighted by Gasteiger charge is 2.03. The lowest BCUT2D eigenvalue weighted by atomic mass is 10.2. The molecule has 2 aromatic rings. The highest BCUT2D eigenvalue weighted by molar-refractivity contribution is 9.10. The van der Waals surface area contributed by atoms with Crippen LogP contribution in [0.4, 0.5) is 5.69 Å². The van der Waals surface area contributed by atoms with Gasteiger partial charge in [0, 0.05) is 10.5 Å². The molecule has 102 valence electrons. The van der Waals surface area contributed by atoms with Crippen LogP contribution in [0.2, 0.25) is 0 Å². The molecular weight excluding hydrogens is 318 g/mol. The van der Waals surface area contributed by atoms with E-state index in [1.165, 1.54) is 6.08 Å². The van der Waals surface area contributed by atoms with Crippen LogP contribution in [0.25, 0.3) is 6.08 Å². The molecule has 0 heterocycles. The molecule has 0 unspecified atom stereocenters. The normalized spacial score (nSPS) is 10.5. The molecule has 0 saturated carbocycles. The second-order valence-electron chi connectivity index (χ2n) is 4.07. The predicted molar refractivity (Wildman–Crippen MR) is 84.8 cm³/mol. The molecule has 0 aromatic heterocycles. The van der Waals surface area contributed by atoms with Gasteiger partial charge in [0.2, 0.25) is 5.91 Å². The Morgan fingerprint density at radius 2 is 1.85 bits per heavy atom. The number of hydrogen-bond acceptors (Lipinski definition) is 2. The van der Waals surface area contributed by atoms with Crippen LogP contribution in [0, 0.1) is 0 Å². The van der Waals surface area contributed by atoms with Crippen LogP contribution < -0.4 is 10.1 Å². The van der Waals surface area contributed by atoms with Crippen molar-refractivity contribution in [3.8, 4) is 5.75 Å². The predicted octanol–water partition coefficient (Wildman–Crippen LogP) is 4.11. The molecular formula is C16H14BrNO2. The van der Waals surface area contributed by atoms with Crippen LogP contribution in [-0.4, -0.2) is 13.0 Å². The Balaban J connectivity index is 2.03. The maximum Gasteiger partial charge on any atom is 0.248 e. The number of nitrogens with one attached hydrogen (secondary N) is 1. The van der Waals surface area contributed by atoms with Crippen LogP contribution in [0.3, 0.4) is 0 Å². The molecule has 0 aliphatic carbocycles. The first-order valence-corrected chi connectivity index (χ1v) is 6.86. The van der Waals surface area contributed by atoms with Gasteiger partial charge < -0.3 is 10.1 Å². The molecule has 3 nitrogen and oxygen atoms in total. The number of methoxy groups -OCH3 is 1. The summed E-state index contributed by atoms with van der Waals surface area (Å²) in [5.74, 6) is 0.440. The van der Waals surface area contributed by atoms with E-state index in [-0.39, 0.29) is 5.91 Å². The minimum absolute atomic E-state index is 0.197. The number of halogens is 1. The minimum Gasteiger partial charge on any atom is -0.495 e. The lowest BCUT2D eigenvalue weighted by Gasteiger charge is -2.07. The SMILES string of the molecule is COc1ccccc1NC(=O)C=Cc1ccc(Br)cc1. The lowest BCUT2D eigenvalue weighted by Crippen LogP contribution is -2.08. The first kappa shape index (κ1) is 14.3. The molecule has 4 heteroatoms. The average molecular weight is 332 g/mol. The first-order valence-electron chi connectivity index (χ1n) is 6.06. The van der Waals surface area contributed by atoms with Crippen molar-refractivity contribution in [1.82, 2.24) is 0 Å². The molecule has 2 aromatic carbocycles. The zero-order chi connectivity index (χ0) is 14.4. The number of amides is 1. The molecule has 1 N–H and O–H groups in total. The van der Waals surface area contributed by atoms with Crippen molar-refractivity contribution in [2.75, 3.05) is 12.4 Å². The lowest BCUT2D eigenvalue weighted by molar-refractivity contribution is -0.111. The van der Waals surface area contributed by atoms with Crippen molar-refractivity contribution in [2.45, 2.75) is 0 Å². The van der Waals surface area contributed by atoms with E-state index >= 15 is 0 Å². The number of anilines is 1. The van der Waals surface area contributed by atoms with E-state index in [0.29, 0.717) is 11.4 Å². The van der Waals surface area contributed by atoms with Gasteiger partial charge in [0.1, 0.15) is 5.75 Å². The molecule has 0 spiro atoms. The summed E-state index contributed by atoms with van der Waals surface area (Å²) in [6.45, 7) is 0. The van der Waals surface area contributed by atoms with Crippen molar-refractivity contribution >= 4 is 33.6 Å². The van der Waals surface area contributed by atoms with Crippen molar-refractivity contribution in [3.63, 3.8) is 0 Å². The van der Waals surface area contributed by atoms with Gasteiger partial charge in [0.15, 0.2) is 0 Å². The number of ether oxygens (including phenoxy) is 1. The molecule has 0 aliphatic heterocycles. The Hall–Kier alpha value is -2.07. The summed E-state index contributed by atoms with van der Waals surface area (Å²) in [6, 6.07) is 15.0. The molecule has 0 fully saturated rings. The van der Waals surface area contributed by atoms with Gasteiger partial charge in [-0.15, -0.1) is 0 Å². The van der Waals surface area contributed by atoms with Crippen molar-refractivity contribution in [2.24, 2.45) is 0 Å². The van der Waals surface area contributed by atoms with Crippen LogP contribution in [0.1, 0.15) is 5.56 Å². The van der Waals surface area contributed by atoms with E-state index in [2.05, 4.69) is 21.2 Å². The molecule has 0 aliphatic rings. The van der Waals surface area contributed by atoms with Crippen LogP contribution in [0.5, 0.6) is 5.75 Å². The highest BCUT2D eigenvalue weighted by atomic mass is 79.9. The van der Waals surface area contributed by atoms with Crippen LogP contribution in [-0.2, 0) is 4.79 Å². The Labute approximate surface area is 126 Å². The topological polar surface area (TPSA) is 38.3 Å². The fourth-order valence-corrected chi connectivity index (χ4v) is 1.93. The Kier molecular flexibility index (Phi) is 4.96. The number of carbonyl (C=O) groups excluding carboxylic acids is 1. The first-order chi connectivity index (χ1) is 9.69. The number of para-hydroxylation sites is 2. The summed E-state index contributed by atoms with van der Waals surface area (Å²) in [7, 11) is 1.57. The van der Waals surface area contributed by atoms with E-state index in [0.717, 1.165) is 10.0 Å². The third-order valence-corrected chi connectivity index (χ3v) is 3.19. The van der Waals surface area contributed by atoms with E-state index < -0.39 is 0 Å². The zero-order valence-electron chi connectivity index (χ0n) is 11.0. The second kappa shape index (κ2) is 6.91. The quantitative estimate of drug-likeness (QED) is 0.856. The maximum absolute atomic E-state index is 11.9. The maximum atomic E-state index is 11.9. The van der Waals surface area contributed by atoms with E-state index in [9.17, 15) is 4.79 Å². The number of benzene rings is 2. The summed E-state index contributed by atoms with van der Waals surface area (Å²) >= 11 is 3.37. The largest absolute Gasteiger partial charge is 0.495 e. The van der Waals surface area contributed by atoms with Gasteiger partial charge in [-0.1, -0.05) is 40.2 Å². The molecule has 1 amide bonds. The van der Waals surface area contributed by atoms with Gasteiger partial charge in [-0.3, -0.25) is 4.79 Å². The third-order valence-electron chi connectivity index (χ3n) is 2.66. The van der Waals surface area contributed by atoms with Crippen molar-refractivity contribution < 1.29 is 9.53 Å². The second-order valence-corrected chi connectivity index (χ2v) is 4.99.